The van der Waals surface area contributed by atoms with Crippen LogP contribution in [0.2, 0.25) is 0 Å². The second-order valence-electron chi connectivity index (χ2n) is 7.77. The van der Waals surface area contributed by atoms with Crippen LogP contribution in [0, 0.1) is 0 Å². The van der Waals surface area contributed by atoms with Gasteiger partial charge in [-0.2, -0.15) is 13.2 Å². The molecule has 9 heteroatoms. The van der Waals surface area contributed by atoms with E-state index >= 15 is 0 Å². The standard InChI is InChI=1S/C25H19F3N4OS/c26-25(27,28)18-4-6-22(23(13-18)17-8-10-29-14-17)21-3-1-2-16-12-19(5-7-20(16)21)34(33)32-24-9-11-30-15-31-24/h1-9,11-13,15,29H,10,14H2,(H,30,31,32). The number of anilines is 1. The molecule has 0 radical (unpaired) electrons. The number of alkyl halides is 3. The highest BCUT2D eigenvalue weighted by Crippen LogP contribution is 2.39. The molecule has 3 aromatic carbocycles. The lowest BCUT2D eigenvalue weighted by molar-refractivity contribution is -0.137. The first-order chi connectivity index (χ1) is 16.4. The van der Waals surface area contributed by atoms with Crippen LogP contribution in [-0.2, 0) is 17.2 Å². The van der Waals surface area contributed by atoms with Crippen LogP contribution in [-0.4, -0.2) is 27.3 Å². The fourth-order valence-corrected chi connectivity index (χ4v) is 4.87. The van der Waals surface area contributed by atoms with Crippen molar-refractivity contribution in [3.05, 3.63) is 90.4 Å². The molecule has 1 aromatic heterocycles. The van der Waals surface area contributed by atoms with Crippen LogP contribution in [0.1, 0.15) is 11.1 Å². The van der Waals surface area contributed by atoms with E-state index in [4.69, 9.17) is 0 Å². The molecule has 0 aliphatic carbocycles. The Morgan fingerprint density at radius 3 is 2.59 bits per heavy atom. The first kappa shape index (κ1) is 22.2. The number of aromatic nitrogens is 2. The highest BCUT2D eigenvalue weighted by molar-refractivity contribution is 7.86. The maximum Gasteiger partial charge on any atom is 0.416 e. The lowest BCUT2D eigenvalue weighted by Gasteiger charge is -2.16. The average molecular weight is 481 g/mol. The van der Waals surface area contributed by atoms with Crippen molar-refractivity contribution in [1.29, 1.82) is 0 Å². The number of nitrogens with zero attached hydrogens (tertiary/aromatic N) is 2. The van der Waals surface area contributed by atoms with Gasteiger partial charge in [-0.1, -0.05) is 36.4 Å². The second kappa shape index (κ2) is 9.00. The summed E-state index contributed by atoms with van der Waals surface area (Å²) in [6, 6.07) is 16.5. The van der Waals surface area contributed by atoms with E-state index < -0.39 is 22.7 Å². The third-order valence-corrected chi connectivity index (χ3v) is 6.71. The molecule has 5 rings (SSSR count). The first-order valence-electron chi connectivity index (χ1n) is 10.5. The summed E-state index contributed by atoms with van der Waals surface area (Å²) in [6.45, 7) is 1.13. The Kier molecular flexibility index (Phi) is 5.89. The number of hydrogen-bond acceptors (Lipinski definition) is 4. The van der Waals surface area contributed by atoms with Gasteiger partial charge in [0, 0.05) is 19.3 Å². The Morgan fingerprint density at radius 1 is 0.971 bits per heavy atom. The monoisotopic (exact) mass is 480 g/mol. The molecule has 1 aliphatic heterocycles. The summed E-state index contributed by atoms with van der Waals surface area (Å²) in [5, 5.41) is 4.85. The van der Waals surface area contributed by atoms with Crippen LogP contribution < -0.4 is 10.0 Å². The zero-order valence-electron chi connectivity index (χ0n) is 17.8. The molecule has 0 fully saturated rings. The van der Waals surface area contributed by atoms with E-state index in [0.29, 0.717) is 29.4 Å². The average Bonchev–Trinajstić information content (AvgIpc) is 3.38. The Balaban J connectivity index is 1.57. The molecule has 0 amide bonds. The predicted octanol–water partition coefficient (Wildman–Crippen LogP) is 5.44. The van der Waals surface area contributed by atoms with Crippen molar-refractivity contribution >= 4 is 33.1 Å². The fraction of sp³-hybridized carbons (Fsp3) is 0.120. The molecule has 1 atom stereocenters. The number of fused-ring (bicyclic) bond motifs is 1. The summed E-state index contributed by atoms with van der Waals surface area (Å²) in [6.07, 6.45) is 0.414. The van der Waals surface area contributed by atoms with Gasteiger partial charge >= 0.3 is 6.18 Å². The van der Waals surface area contributed by atoms with Gasteiger partial charge in [0.1, 0.15) is 12.1 Å². The zero-order valence-corrected chi connectivity index (χ0v) is 18.6. The van der Waals surface area contributed by atoms with E-state index in [0.717, 1.165) is 33.5 Å². The molecule has 0 spiro atoms. The molecule has 1 unspecified atom stereocenters. The highest BCUT2D eigenvalue weighted by Gasteiger charge is 2.31. The number of hydrogen-bond donors (Lipinski definition) is 2. The van der Waals surface area contributed by atoms with Gasteiger partial charge < -0.3 is 5.32 Å². The summed E-state index contributed by atoms with van der Waals surface area (Å²) in [5.41, 5.74) is 2.26. The molecular weight excluding hydrogens is 461 g/mol. The fourth-order valence-electron chi connectivity index (χ4n) is 4.02. The van der Waals surface area contributed by atoms with Crippen LogP contribution in [0.4, 0.5) is 19.0 Å². The van der Waals surface area contributed by atoms with Gasteiger partial charge in [-0.15, -0.1) is 0 Å². The molecule has 1 aliphatic rings. The highest BCUT2D eigenvalue weighted by atomic mass is 32.2. The van der Waals surface area contributed by atoms with Gasteiger partial charge in [0.2, 0.25) is 0 Å². The van der Waals surface area contributed by atoms with E-state index in [-0.39, 0.29) is 0 Å². The van der Waals surface area contributed by atoms with Gasteiger partial charge in [0.05, 0.1) is 10.5 Å². The second-order valence-corrected chi connectivity index (χ2v) is 8.99. The van der Waals surface area contributed by atoms with E-state index in [1.165, 1.54) is 18.5 Å². The maximum atomic E-state index is 13.4. The molecule has 0 bridgehead atoms. The first-order valence-corrected chi connectivity index (χ1v) is 11.6. The lowest BCUT2D eigenvalue weighted by atomic mass is 9.90. The molecule has 34 heavy (non-hydrogen) atoms. The summed E-state index contributed by atoms with van der Waals surface area (Å²) in [7, 11) is -1.54. The van der Waals surface area contributed by atoms with Gasteiger partial charge in [0.15, 0.2) is 11.0 Å². The number of halogens is 3. The van der Waals surface area contributed by atoms with Crippen molar-refractivity contribution in [1.82, 2.24) is 15.3 Å². The molecule has 4 aromatic rings. The topological polar surface area (TPSA) is 66.9 Å². The zero-order chi connectivity index (χ0) is 23.7. The van der Waals surface area contributed by atoms with E-state index in [1.807, 2.05) is 36.4 Å². The van der Waals surface area contributed by atoms with Crippen molar-refractivity contribution in [2.45, 2.75) is 11.1 Å². The SMILES string of the molecule is O=S(Nc1ccncn1)c1ccc2c(-c3ccc(C(F)(F)F)cc3C3=CCNC3)cccc2c1. The quantitative estimate of drug-likeness (QED) is 0.399. The lowest BCUT2D eigenvalue weighted by Crippen LogP contribution is -2.09. The third kappa shape index (κ3) is 4.44. The molecular formula is C25H19F3N4OS. The minimum atomic E-state index is -4.42. The molecule has 5 nitrogen and oxygen atoms in total. The van der Waals surface area contributed by atoms with Gasteiger partial charge in [0.25, 0.3) is 0 Å². The van der Waals surface area contributed by atoms with Crippen LogP contribution in [0.5, 0.6) is 0 Å². The molecule has 0 saturated heterocycles. The van der Waals surface area contributed by atoms with Crippen LogP contribution in [0.15, 0.2) is 84.2 Å². The molecule has 2 N–H and O–H groups in total. The maximum absolute atomic E-state index is 13.4. The number of rotatable bonds is 5. The van der Waals surface area contributed by atoms with Crippen LogP contribution in [0.25, 0.3) is 27.5 Å². The summed E-state index contributed by atoms with van der Waals surface area (Å²) < 4.78 is 55.9. The predicted molar refractivity (Wildman–Crippen MR) is 127 cm³/mol. The van der Waals surface area contributed by atoms with Crippen LogP contribution >= 0.6 is 0 Å². The number of benzene rings is 3. The van der Waals surface area contributed by atoms with Crippen molar-refractivity contribution in [2.24, 2.45) is 0 Å². The molecule has 2 heterocycles. The minimum absolute atomic E-state index is 0.440. The summed E-state index contributed by atoms with van der Waals surface area (Å²) in [5.74, 6) is 0.440. The molecule has 172 valence electrons. The van der Waals surface area contributed by atoms with Gasteiger partial charge in [-0.3, -0.25) is 4.72 Å². The van der Waals surface area contributed by atoms with Crippen LogP contribution in [0.3, 0.4) is 0 Å². The summed E-state index contributed by atoms with van der Waals surface area (Å²) in [4.78, 5) is 8.42. The van der Waals surface area contributed by atoms with Gasteiger partial charge in [-0.05, 0) is 63.4 Å². The smallest absolute Gasteiger partial charge is 0.309 e. The number of nitrogens with one attached hydrogen (secondary N) is 2. The van der Waals surface area contributed by atoms with Gasteiger partial charge in [-0.25, -0.2) is 14.2 Å². The van der Waals surface area contributed by atoms with Crippen molar-refractivity contribution in [2.75, 3.05) is 17.8 Å². The Bertz CT molecular complexity index is 1420. The largest absolute Gasteiger partial charge is 0.416 e. The normalized spacial score (nSPS) is 14.7. The van der Waals surface area contributed by atoms with E-state index in [2.05, 4.69) is 20.0 Å². The van der Waals surface area contributed by atoms with E-state index in [9.17, 15) is 17.4 Å². The Morgan fingerprint density at radius 2 is 1.85 bits per heavy atom. The molecule has 0 saturated carbocycles. The van der Waals surface area contributed by atoms with Crippen molar-refractivity contribution < 1.29 is 17.4 Å². The third-order valence-electron chi connectivity index (χ3n) is 5.64. The van der Waals surface area contributed by atoms with Crippen molar-refractivity contribution in [3.63, 3.8) is 0 Å². The van der Waals surface area contributed by atoms with Crippen molar-refractivity contribution in [3.8, 4) is 11.1 Å². The summed E-state index contributed by atoms with van der Waals surface area (Å²) >= 11 is 0. The Hall–Kier alpha value is -3.56. The Labute approximate surface area is 196 Å². The minimum Gasteiger partial charge on any atom is -0.309 e. The van der Waals surface area contributed by atoms with E-state index in [1.54, 1.807) is 18.3 Å².